The maximum absolute atomic E-state index is 14.0. The van der Waals surface area contributed by atoms with Crippen molar-refractivity contribution < 1.29 is 29.0 Å². The summed E-state index contributed by atoms with van der Waals surface area (Å²) in [4.78, 5) is 59.8. The quantitative estimate of drug-likeness (QED) is 0.335. The van der Waals surface area contributed by atoms with Gasteiger partial charge in [0.1, 0.15) is 11.5 Å². The normalized spacial score (nSPS) is 29.0. The van der Waals surface area contributed by atoms with E-state index in [2.05, 4.69) is 0 Å². The van der Waals surface area contributed by atoms with Crippen molar-refractivity contribution in [3.63, 3.8) is 0 Å². The minimum Gasteiger partial charge on any atom is -0.508 e. The van der Waals surface area contributed by atoms with Crippen molar-refractivity contribution in [2.45, 2.75) is 31.8 Å². The van der Waals surface area contributed by atoms with Crippen LogP contribution >= 0.6 is 22.7 Å². The Balaban J connectivity index is 1.30. The third-order valence-corrected chi connectivity index (χ3v) is 10.9. The third-order valence-electron chi connectivity index (χ3n) is 9.19. The summed E-state index contributed by atoms with van der Waals surface area (Å²) in [6.45, 7) is 0.441. The highest BCUT2D eigenvalue weighted by Crippen LogP contribution is 2.59. The number of methoxy groups -OCH3 is 1. The second-order valence-corrected chi connectivity index (χ2v) is 13.2. The standard InChI is InChI=1S/C31H28N2O6S2/c1-39-16-6-7-20(24(34)12-16)25-19-8-9-21-26(30(37)32(28(21)35)14-17-4-2-10-40-17)22(19)13-23-27(25)31(38)33(29(23)36)15-18-5-3-11-41-18/h2-8,10-12,21-23,25-27,34H,9,13-15H2,1H3/t21-,22+,23+,25+,26-,27+/m0/s1. The van der Waals surface area contributed by atoms with Gasteiger partial charge in [0.2, 0.25) is 23.6 Å². The molecule has 1 saturated carbocycles. The minimum absolute atomic E-state index is 0.0260. The van der Waals surface area contributed by atoms with Crippen LogP contribution in [0.2, 0.25) is 0 Å². The first-order chi connectivity index (χ1) is 19.9. The van der Waals surface area contributed by atoms with E-state index in [9.17, 15) is 24.3 Å². The van der Waals surface area contributed by atoms with Crippen molar-refractivity contribution in [3.05, 3.63) is 80.2 Å². The molecule has 0 unspecified atom stereocenters. The summed E-state index contributed by atoms with van der Waals surface area (Å²) >= 11 is 2.99. The molecule has 1 aromatic carbocycles. The van der Waals surface area contributed by atoms with Gasteiger partial charge in [0.15, 0.2) is 0 Å². The molecule has 210 valence electrons. The number of benzene rings is 1. The van der Waals surface area contributed by atoms with E-state index in [1.54, 1.807) is 12.1 Å². The van der Waals surface area contributed by atoms with E-state index in [1.807, 2.05) is 41.1 Å². The molecule has 2 aliphatic heterocycles. The monoisotopic (exact) mass is 588 g/mol. The van der Waals surface area contributed by atoms with Gasteiger partial charge in [0, 0.05) is 27.3 Å². The number of phenolic OH excluding ortho intramolecular Hbond substituents is 1. The van der Waals surface area contributed by atoms with Crippen LogP contribution in [0.5, 0.6) is 11.5 Å². The molecule has 1 N–H and O–H groups in total. The van der Waals surface area contributed by atoms with Crippen molar-refractivity contribution in [2.75, 3.05) is 7.11 Å². The Labute approximate surface area is 244 Å². The lowest BCUT2D eigenvalue weighted by Gasteiger charge is -2.44. The number of aromatic hydroxyl groups is 1. The molecule has 10 heteroatoms. The molecule has 2 aliphatic carbocycles. The topological polar surface area (TPSA) is 104 Å². The van der Waals surface area contributed by atoms with Crippen LogP contribution in [0.1, 0.15) is 34.1 Å². The van der Waals surface area contributed by atoms with Crippen LogP contribution in [0, 0.1) is 29.6 Å². The lowest BCUT2D eigenvalue weighted by molar-refractivity contribution is -0.142. The second kappa shape index (κ2) is 9.95. The fourth-order valence-corrected chi connectivity index (χ4v) is 8.79. The predicted octanol–water partition coefficient (Wildman–Crippen LogP) is 4.56. The van der Waals surface area contributed by atoms with Gasteiger partial charge in [0.05, 0.1) is 43.9 Å². The molecule has 0 bridgehead atoms. The number of thiophene rings is 2. The van der Waals surface area contributed by atoms with Gasteiger partial charge in [0.25, 0.3) is 0 Å². The fourth-order valence-electron chi connectivity index (χ4n) is 7.41. The summed E-state index contributed by atoms with van der Waals surface area (Å²) in [6.07, 6.45) is 2.70. The van der Waals surface area contributed by atoms with Gasteiger partial charge in [-0.3, -0.25) is 29.0 Å². The molecule has 0 spiro atoms. The molecule has 6 atom stereocenters. The van der Waals surface area contributed by atoms with Crippen LogP contribution in [0.25, 0.3) is 0 Å². The molecule has 8 nitrogen and oxygen atoms in total. The molecule has 4 amide bonds. The molecule has 41 heavy (non-hydrogen) atoms. The number of likely N-dealkylation sites (tertiary alicyclic amines) is 2. The van der Waals surface area contributed by atoms with Crippen LogP contribution in [0.3, 0.4) is 0 Å². The molecule has 0 radical (unpaired) electrons. The first-order valence-corrected chi connectivity index (χ1v) is 15.4. The first-order valence-electron chi connectivity index (χ1n) is 13.7. The average Bonchev–Trinajstić information content (AvgIpc) is 3.77. The number of ether oxygens (including phenoxy) is 1. The summed E-state index contributed by atoms with van der Waals surface area (Å²) in [5.74, 6) is -3.87. The van der Waals surface area contributed by atoms with Gasteiger partial charge in [-0.05, 0) is 47.7 Å². The van der Waals surface area contributed by atoms with Crippen LogP contribution in [-0.4, -0.2) is 45.6 Å². The summed E-state index contributed by atoms with van der Waals surface area (Å²) in [5, 5.41) is 15.0. The Bertz CT molecular complexity index is 1580. The fraction of sp³-hybridized carbons (Fsp3) is 0.355. The summed E-state index contributed by atoms with van der Waals surface area (Å²) in [6, 6.07) is 12.6. The SMILES string of the molecule is COc1ccc([C@H]2C3=CC[C@@H]4C(=O)N(Cc5cccs5)C(=O)[C@@H]4[C@@H]3C[C@H]3C(=O)N(Cc4cccs4)C(=O)[C@@H]23)c(O)c1. The van der Waals surface area contributed by atoms with Gasteiger partial charge in [-0.15, -0.1) is 22.7 Å². The highest BCUT2D eigenvalue weighted by molar-refractivity contribution is 7.10. The molecule has 2 saturated heterocycles. The number of allylic oxidation sites excluding steroid dienone is 2. The highest BCUT2D eigenvalue weighted by Gasteiger charge is 2.62. The minimum atomic E-state index is -0.699. The summed E-state index contributed by atoms with van der Waals surface area (Å²) in [5.41, 5.74) is 1.40. The van der Waals surface area contributed by atoms with Gasteiger partial charge < -0.3 is 9.84 Å². The van der Waals surface area contributed by atoms with Crippen molar-refractivity contribution in [2.24, 2.45) is 29.6 Å². The lowest BCUT2D eigenvalue weighted by atomic mass is 9.57. The number of rotatable bonds is 6. The summed E-state index contributed by atoms with van der Waals surface area (Å²) < 4.78 is 5.29. The molecular weight excluding hydrogens is 560 g/mol. The number of amides is 4. The summed E-state index contributed by atoms with van der Waals surface area (Å²) in [7, 11) is 1.51. The van der Waals surface area contributed by atoms with Crippen LogP contribution in [-0.2, 0) is 32.3 Å². The van der Waals surface area contributed by atoms with Crippen molar-refractivity contribution in [1.82, 2.24) is 9.80 Å². The number of carbonyl (C=O) groups excluding carboxylic acids is 4. The van der Waals surface area contributed by atoms with Crippen LogP contribution < -0.4 is 4.74 Å². The van der Waals surface area contributed by atoms with Gasteiger partial charge in [-0.2, -0.15) is 0 Å². The first kappa shape index (κ1) is 26.2. The van der Waals surface area contributed by atoms with E-state index in [4.69, 9.17) is 4.74 Å². The highest BCUT2D eigenvalue weighted by atomic mass is 32.1. The van der Waals surface area contributed by atoms with E-state index >= 15 is 0 Å². The molecule has 4 heterocycles. The molecule has 3 fully saturated rings. The van der Waals surface area contributed by atoms with E-state index in [1.165, 1.54) is 45.6 Å². The number of hydrogen-bond acceptors (Lipinski definition) is 8. The van der Waals surface area contributed by atoms with Gasteiger partial charge >= 0.3 is 0 Å². The average molecular weight is 589 g/mol. The zero-order valence-electron chi connectivity index (χ0n) is 22.3. The lowest BCUT2D eigenvalue weighted by Crippen LogP contribution is -2.43. The molecule has 4 aliphatic rings. The zero-order valence-corrected chi connectivity index (χ0v) is 23.9. The molecule has 2 aromatic heterocycles. The number of phenols is 1. The Morgan fingerprint density at radius 1 is 0.829 bits per heavy atom. The Morgan fingerprint density at radius 2 is 1.46 bits per heavy atom. The Hall–Kier alpha value is -3.76. The number of carbonyl (C=O) groups is 4. The van der Waals surface area contributed by atoms with E-state index in [-0.39, 0.29) is 48.4 Å². The molecule has 3 aromatic rings. The molecule has 7 rings (SSSR count). The maximum Gasteiger partial charge on any atom is 0.234 e. The number of nitrogens with zero attached hydrogens (tertiary/aromatic N) is 2. The third kappa shape index (κ3) is 4.06. The predicted molar refractivity (Wildman–Crippen MR) is 152 cm³/mol. The number of fused-ring (bicyclic) bond motifs is 4. The van der Waals surface area contributed by atoms with Gasteiger partial charge in [-0.25, -0.2) is 0 Å². The van der Waals surface area contributed by atoms with E-state index in [0.29, 0.717) is 24.2 Å². The largest absolute Gasteiger partial charge is 0.508 e. The smallest absolute Gasteiger partial charge is 0.234 e. The van der Waals surface area contributed by atoms with Gasteiger partial charge in [-0.1, -0.05) is 29.8 Å². The Kier molecular flexibility index (Phi) is 6.35. The molecular formula is C31H28N2O6S2. The van der Waals surface area contributed by atoms with E-state index < -0.39 is 29.6 Å². The Morgan fingerprint density at radius 3 is 2.05 bits per heavy atom. The zero-order chi connectivity index (χ0) is 28.4. The maximum atomic E-state index is 14.0. The van der Waals surface area contributed by atoms with Crippen molar-refractivity contribution in [3.8, 4) is 11.5 Å². The van der Waals surface area contributed by atoms with Crippen LogP contribution in [0.15, 0.2) is 64.9 Å². The van der Waals surface area contributed by atoms with Crippen LogP contribution in [0.4, 0.5) is 0 Å². The second-order valence-electron chi connectivity index (χ2n) is 11.1. The van der Waals surface area contributed by atoms with Crippen molar-refractivity contribution in [1.29, 1.82) is 0 Å². The number of hydrogen-bond donors (Lipinski definition) is 1. The van der Waals surface area contributed by atoms with Crippen molar-refractivity contribution >= 4 is 46.3 Å². The van der Waals surface area contributed by atoms with E-state index in [0.717, 1.165) is 15.3 Å². The number of imide groups is 2.